The van der Waals surface area contributed by atoms with E-state index < -0.39 is 0 Å². The molecule has 1 atom stereocenters. The molecule has 0 bridgehead atoms. The normalized spacial score (nSPS) is 12.2. The molecule has 0 saturated heterocycles. The summed E-state index contributed by atoms with van der Waals surface area (Å²) in [5.74, 6) is 1.90. The Labute approximate surface area is 104 Å². The first kappa shape index (κ1) is 13.7. The Morgan fingerprint density at radius 2 is 2.12 bits per heavy atom. The largest absolute Gasteiger partial charge is 0.367 e. The zero-order valence-corrected chi connectivity index (χ0v) is 11.4. The summed E-state index contributed by atoms with van der Waals surface area (Å²) >= 11 is 0. The molecule has 4 heteroatoms. The van der Waals surface area contributed by atoms with E-state index in [2.05, 4.69) is 48.0 Å². The molecule has 1 aromatic rings. The highest BCUT2D eigenvalue weighted by Crippen LogP contribution is 2.14. The minimum Gasteiger partial charge on any atom is -0.367 e. The molecule has 1 rings (SSSR count). The molecule has 96 valence electrons. The van der Waals surface area contributed by atoms with Gasteiger partial charge in [-0.2, -0.15) is 0 Å². The highest BCUT2D eigenvalue weighted by Gasteiger charge is 2.05. The lowest BCUT2D eigenvalue weighted by Gasteiger charge is -2.19. The molecular weight excluding hydrogens is 212 g/mol. The van der Waals surface area contributed by atoms with E-state index in [1.54, 1.807) is 6.33 Å². The fraction of sp³-hybridized carbons (Fsp3) is 0.692. The van der Waals surface area contributed by atoms with Gasteiger partial charge in [0.2, 0.25) is 0 Å². The number of unbranched alkanes of at least 4 members (excludes halogenated alkanes) is 1. The molecule has 0 aliphatic carbocycles. The van der Waals surface area contributed by atoms with Crippen molar-refractivity contribution in [3.8, 4) is 0 Å². The van der Waals surface area contributed by atoms with Gasteiger partial charge >= 0.3 is 0 Å². The summed E-state index contributed by atoms with van der Waals surface area (Å²) in [7, 11) is 2.07. The topological polar surface area (TPSA) is 41.0 Å². The quantitative estimate of drug-likeness (QED) is 0.790. The molecule has 1 unspecified atom stereocenters. The summed E-state index contributed by atoms with van der Waals surface area (Å²) in [5.41, 5.74) is 0. The fourth-order valence-electron chi connectivity index (χ4n) is 1.50. The molecule has 0 spiro atoms. The first-order valence-corrected chi connectivity index (χ1v) is 6.47. The molecule has 0 amide bonds. The van der Waals surface area contributed by atoms with E-state index >= 15 is 0 Å². The second-order valence-electron chi connectivity index (χ2n) is 4.49. The molecule has 0 fully saturated rings. The number of nitrogens with zero attached hydrogens (tertiary/aromatic N) is 3. The van der Waals surface area contributed by atoms with Crippen molar-refractivity contribution in [1.82, 2.24) is 9.97 Å². The maximum atomic E-state index is 4.30. The van der Waals surface area contributed by atoms with Gasteiger partial charge in [-0.3, -0.25) is 0 Å². The molecule has 1 N–H and O–H groups in total. The maximum absolute atomic E-state index is 4.30. The predicted octanol–water partition coefficient (Wildman–Crippen LogP) is 2.92. The Hall–Kier alpha value is -1.32. The number of anilines is 2. The van der Waals surface area contributed by atoms with E-state index in [-0.39, 0.29) is 0 Å². The zero-order chi connectivity index (χ0) is 12.7. The van der Waals surface area contributed by atoms with Gasteiger partial charge in [-0.1, -0.05) is 20.3 Å². The summed E-state index contributed by atoms with van der Waals surface area (Å²) in [5, 5.41) is 3.37. The lowest BCUT2D eigenvalue weighted by molar-refractivity contribution is 0.750. The fourth-order valence-corrected chi connectivity index (χ4v) is 1.50. The van der Waals surface area contributed by atoms with Gasteiger partial charge in [0, 0.05) is 25.7 Å². The van der Waals surface area contributed by atoms with Gasteiger partial charge in [-0.15, -0.1) is 0 Å². The number of rotatable bonds is 7. The van der Waals surface area contributed by atoms with E-state index in [4.69, 9.17) is 0 Å². The van der Waals surface area contributed by atoms with Crippen molar-refractivity contribution in [2.24, 2.45) is 0 Å². The van der Waals surface area contributed by atoms with E-state index in [0.717, 1.165) is 24.6 Å². The van der Waals surface area contributed by atoms with Gasteiger partial charge in [0.1, 0.15) is 18.0 Å². The minimum absolute atomic E-state index is 0.443. The van der Waals surface area contributed by atoms with E-state index in [1.165, 1.54) is 12.8 Å². The number of hydrogen-bond acceptors (Lipinski definition) is 4. The number of aromatic nitrogens is 2. The van der Waals surface area contributed by atoms with Gasteiger partial charge in [-0.25, -0.2) is 9.97 Å². The van der Waals surface area contributed by atoms with Crippen LogP contribution >= 0.6 is 0 Å². The van der Waals surface area contributed by atoms with Crippen LogP contribution in [0.25, 0.3) is 0 Å². The van der Waals surface area contributed by atoms with Crippen LogP contribution in [0.15, 0.2) is 12.4 Å². The molecule has 0 aliphatic heterocycles. The maximum Gasteiger partial charge on any atom is 0.133 e. The Kier molecular flexibility index (Phi) is 5.73. The number of hydrogen-bond donors (Lipinski definition) is 1. The van der Waals surface area contributed by atoms with Crippen LogP contribution in [0.5, 0.6) is 0 Å². The average Bonchev–Trinajstić information content (AvgIpc) is 2.36. The summed E-state index contributed by atoms with van der Waals surface area (Å²) in [4.78, 5) is 10.7. The summed E-state index contributed by atoms with van der Waals surface area (Å²) in [6.45, 7) is 7.55. The van der Waals surface area contributed by atoms with Crippen molar-refractivity contribution in [2.45, 2.75) is 46.1 Å². The Bertz CT molecular complexity index is 327. The van der Waals surface area contributed by atoms with Crippen molar-refractivity contribution in [2.75, 3.05) is 23.8 Å². The molecule has 0 radical (unpaired) electrons. The Morgan fingerprint density at radius 3 is 2.76 bits per heavy atom. The van der Waals surface area contributed by atoms with Gasteiger partial charge in [0.25, 0.3) is 0 Å². The Morgan fingerprint density at radius 1 is 1.35 bits per heavy atom. The average molecular weight is 236 g/mol. The van der Waals surface area contributed by atoms with Crippen LogP contribution in [-0.4, -0.2) is 29.6 Å². The van der Waals surface area contributed by atoms with Crippen LogP contribution in [0.1, 0.15) is 40.0 Å². The minimum atomic E-state index is 0.443. The molecule has 1 heterocycles. The van der Waals surface area contributed by atoms with E-state index in [9.17, 15) is 0 Å². The summed E-state index contributed by atoms with van der Waals surface area (Å²) in [6, 6.07) is 2.46. The van der Waals surface area contributed by atoms with Gasteiger partial charge in [0.05, 0.1) is 0 Å². The first-order chi connectivity index (χ1) is 8.17. The summed E-state index contributed by atoms with van der Waals surface area (Å²) in [6.07, 6.45) is 5.11. The second-order valence-corrected chi connectivity index (χ2v) is 4.49. The monoisotopic (exact) mass is 236 g/mol. The molecule has 0 saturated carbocycles. The smallest absolute Gasteiger partial charge is 0.133 e. The van der Waals surface area contributed by atoms with E-state index in [0.29, 0.717) is 6.04 Å². The van der Waals surface area contributed by atoms with Crippen LogP contribution in [-0.2, 0) is 0 Å². The van der Waals surface area contributed by atoms with Crippen molar-refractivity contribution in [3.63, 3.8) is 0 Å². The molecule has 17 heavy (non-hydrogen) atoms. The van der Waals surface area contributed by atoms with Crippen LogP contribution in [0.3, 0.4) is 0 Å². The standard InChI is InChI=1S/C13H24N4/c1-5-7-8-17(4)13-9-12(14-10-15-13)16-11(3)6-2/h9-11H,5-8H2,1-4H3,(H,14,15,16). The van der Waals surface area contributed by atoms with Crippen LogP contribution in [0.2, 0.25) is 0 Å². The number of nitrogens with one attached hydrogen (secondary N) is 1. The van der Waals surface area contributed by atoms with Crippen LogP contribution in [0.4, 0.5) is 11.6 Å². The van der Waals surface area contributed by atoms with Gasteiger partial charge in [0.15, 0.2) is 0 Å². The van der Waals surface area contributed by atoms with Gasteiger partial charge < -0.3 is 10.2 Å². The third-order valence-corrected chi connectivity index (χ3v) is 2.90. The Balaban J connectivity index is 2.64. The first-order valence-electron chi connectivity index (χ1n) is 6.47. The van der Waals surface area contributed by atoms with Crippen molar-refractivity contribution >= 4 is 11.6 Å². The highest BCUT2D eigenvalue weighted by molar-refractivity contribution is 5.48. The molecule has 0 aliphatic rings. The second kappa shape index (κ2) is 7.09. The molecule has 1 aromatic heterocycles. The molecule has 4 nitrogen and oxygen atoms in total. The van der Waals surface area contributed by atoms with Crippen molar-refractivity contribution < 1.29 is 0 Å². The van der Waals surface area contributed by atoms with Crippen LogP contribution in [0, 0.1) is 0 Å². The third-order valence-electron chi connectivity index (χ3n) is 2.90. The lowest BCUT2D eigenvalue weighted by Crippen LogP contribution is -2.20. The molecular formula is C13H24N4. The predicted molar refractivity (Wildman–Crippen MR) is 73.6 cm³/mol. The highest BCUT2D eigenvalue weighted by atomic mass is 15.2. The van der Waals surface area contributed by atoms with Crippen molar-refractivity contribution in [1.29, 1.82) is 0 Å². The SMILES string of the molecule is CCCCN(C)c1cc(NC(C)CC)ncn1. The van der Waals surface area contributed by atoms with E-state index in [1.807, 2.05) is 6.07 Å². The van der Waals surface area contributed by atoms with Crippen molar-refractivity contribution in [3.05, 3.63) is 12.4 Å². The van der Waals surface area contributed by atoms with Gasteiger partial charge in [-0.05, 0) is 19.8 Å². The summed E-state index contributed by atoms with van der Waals surface area (Å²) < 4.78 is 0. The lowest BCUT2D eigenvalue weighted by atomic mass is 10.2. The third kappa shape index (κ3) is 4.59. The van der Waals surface area contributed by atoms with Crippen LogP contribution < -0.4 is 10.2 Å². The zero-order valence-electron chi connectivity index (χ0n) is 11.4. The molecule has 0 aromatic carbocycles.